The molecule has 0 bridgehead atoms. The molecule has 124 valence electrons. The summed E-state index contributed by atoms with van der Waals surface area (Å²) in [5.74, 6) is 0. The number of fused-ring (bicyclic) bond motifs is 1. The summed E-state index contributed by atoms with van der Waals surface area (Å²) in [4.78, 5) is 2.56. The van der Waals surface area contributed by atoms with Crippen LogP contribution in [0.4, 0.5) is 0 Å². The molecule has 1 saturated heterocycles. The lowest BCUT2D eigenvalue weighted by atomic mass is 9.87. The Bertz CT molecular complexity index is 697. The number of nitrogens with zero attached hydrogens (tertiary/aromatic N) is 1. The van der Waals surface area contributed by atoms with Gasteiger partial charge >= 0.3 is 0 Å². The Morgan fingerprint density at radius 2 is 1.62 bits per heavy atom. The summed E-state index contributed by atoms with van der Waals surface area (Å²) in [6, 6.07) is 17.5. The molecule has 4 rings (SSSR count). The molecule has 2 nitrogen and oxygen atoms in total. The van der Waals surface area contributed by atoms with Gasteiger partial charge in [-0.2, -0.15) is 0 Å². The molecule has 2 heteroatoms. The summed E-state index contributed by atoms with van der Waals surface area (Å²) in [6.45, 7) is 10.5. The lowest BCUT2D eigenvalue weighted by Crippen LogP contribution is -2.43. The SMILES string of the molecule is C1=C(N2CCNCC2)Cc2c(cccc2-c2ccccc2)C1.C=C. The monoisotopic (exact) mass is 318 g/mol. The lowest BCUT2D eigenvalue weighted by molar-refractivity contribution is 0.292. The third-order valence-corrected chi connectivity index (χ3v) is 4.80. The Hall–Kier alpha value is -2.32. The van der Waals surface area contributed by atoms with Gasteiger partial charge in [0.2, 0.25) is 0 Å². The first kappa shape index (κ1) is 16.5. The van der Waals surface area contributed by atoms with Crippen LogP contribution < -0.4 is 5.32 Å². The van der Waals surface area contributed by atoms with Crippen molar-refractivity contribution in [2.24, 2.45) is 0 Å². The number of allylic oxidation sites excluding steroid dienone is 2. The summed E-state index contributed by atoms with van der Waals surface area (Å²) >= 11 is 0. The summed E-state index contributed by atoms with van der Waals surface area (Å²) in [5, 5.41) is 3.44. The lowest BCUT2D eigenvalue weighted by Gasteiger charge is -2.34. The Morgan fingerprint density at radius 1 is 0.875 bits per heavy atom. The Morgan fingerprint density at radius 3 is 2.38 bits per heavy atom. The largest absolute Gasteiger partial charge is 0.372 e. The first-order chi connectivity index (χ1) is 11.9. The maximum Gasteiger partial charge on any atom is 0.0300 e. The fraction of sp³-hybridized carbons (Fsp3) is 0.273. The van der Waals surface area contributed by atoms with Crippen molar-refractivity contribution in [3.63, 3.8) is 0 Å². The van der Waals surface area contributed by atoms with Crippen LogP contribution in [-0.4, -0.2) is 31.1 Å². The second-order valence-corrected chi connectivity index (χ2v) is 6.12. The third kappa shape index (κ3) is 3.44. The molecule has 0 spiro atoms. The van der Waals surface area contributed by atoms with Crippen LogP contribution in [0.25, 0.3) is 11.1 Å². The van der Waals surface area contributed by atoms with E-state index >= 15 is 0 Å². The minimum absolute atomic E-state index is 1.06. The van der Waals surface area contributed by atoms with Gasteiger partial charge in [0.15, 0.2) is 0 Å². The maximum atomic E-state index is 3.44. The topological polar surface area (TPSA) is 15.3 Å². The van der Waals surface area contributed by atoms with Crippen molar-refractivity contribution in [1.29, 1.82) is 0 Å². The summed E-state index contributed by atoms with van der Waals surface area (Å²) in [6.07, 6.45) is 4.57. The van der Waals surface area contributed by atoms with Crippen molar-refractivity contribution in [2.75, 3.05) is 26.2 Å². The molecule has 1 aliphatic heterocycles. The fourth-order valence-corrected chi connectivity index (χ4v) is 3.60. The van der Waals surface area contributed by atoms with Crippen LogP contribution in [0.5, 0.6) is 0 Å². The van der Waals surface area contributed by atoms with Gasteiger partial charge in [-0.3, -0.25) is 0 Å². The quantitative estimate of drug-likeness (QED) is 0.841. The van der Waals surface area contributed by atoms with E-state index in [0.29, 0.717) is 0 Å². The van der Waals surface area contributed by atoms with Crippen LogP contribution in [0.1, 0.15) is 11.1 Å². The molecular weight excluding hydrogens is 292 g/mol. The first-order valence-corrected chi connectivity index (χ1v) is 8.73. The van der Waals surface area contributed by atoms with E-state index in [-0.39, 0.29) is 0 Å². The van der Waals surface area contributed by atoms with Crippen LogP contribution in [0.15, 0.2) is 73.5 Å². The van der Waals surface area contributed by atoms with E-state index in [2.05, 4.69) is 78.0 Å². The van der Waals surface area contributed by atoms with E-state index in [4.69, 9.17) is 0 Å². The molecular formula is C22H26N2. The molecule has 0 atom stereocenters. The van der Waals surface area contributed by atoms with Gasteiger partial charge in [-0.05, 0) is 28.7 Å². The predicted molar refractivity (Wildman–Crippen MR) is 103 cm³/mol. The molecule has 1 N–H and O–H groups in total. The van der Waals surface area contributed by atoms with Crippen LogP contribution >= 0.6 is 0 Å². The zero-order chi connectivity index (χ0) is 16.8. The van der Waals surface area contributed by atoms with Crippen molar-refractivity contribution >= 4 is 0 Å². The van der Waals surface area contributed by atoms with E-state index < -0.39 is 0 Å². The molecule has 1 fully saturated rings. The maximum absolute atomic E-state index is 3.44. The molecule has 2 aromatic carbocycles. The number of piperazine rings is 1. The Kier molecular flexibility index (Phi) is 5.50. The number of nitrogens with one attached hydrogen (secondary N) is 1. The number of hydrogen-bond acceptors (Lipinski definition) is 2. The van der Waals surface area contributed by atoms with Gasteiger partial charge in [-0.15, -0.1) is 13.2 Å². The standard InChI is InChI=1S/C20H22N2.C2H4/c1-2-5-16(6-3-1)19-8-4-7-17-9-10-18(15-20(17)19)22-13-11-21-12-14-22;1-2/h1-8,10,21H,9,11-15H2;1-2H2. The van der Waals surface area contributed by atoms with Gasteiger partial charge in [-0.25, -0.2) is 0 Å². The van der Waals surface area contributed by atoms with Gasteiger partial charge in [0.1, 0.15) is 0 Å². The van der Waals surface area contributed by atoms with Crippen molar-refractivity contribution in [3.8, 4) is 11.1 Å². The minimum Gasteiger partial charge on any atom is -0.372 e. The highest BCUT2D eigenvalue weighted by atomic mass is 15.2. The summed E-state index contributed by atoms with van der Waals surface area (Å²) in [5.41, 5.74) is 7.25. The molecule has 0 radical (unpaired) electrons. The average Bonchev–Trinajstić information content (AvgIpc) is 2.70. The van der Waals surface area contributed by atoms with Crippen LogP contribution in [0, 0.1) is 0 Å². The highest BCUT2D eigenvalue weighted by molar-refractivity contribution is 5.70. The minimum atomic E-state index is 1.06. The third-order valence-electron chi connectivity index (χ3n) is 4.80. The molecule has 0 unspecified atom stereocenters. The van der Waals surface area contributed by atoms with Gasteiger partial charge in [0.25, 0.3) is 0 Å². The van der Waals surface area contributed by atoms with Crippen molar-refractivity contribution in [1.82, 2.24) is 10.2 Å². The van der Waals surface area contributed by atoms with Gasteiger partial charge < -0.3 is 10.2 Å². The second kappa shape index (κ2) is 7.98. The average molecular weight is 318 g/mol. The van der Waals surface area contributed by atoms with Crippen LogP contribution in [-0.2, 0) is 12.8 Å². The number of hydrogen-bond donors (Lipinski definition) is 1. The van der Waals surface area contributed by atoms with E-state index in [1.807, 2.05) is 0 Å². The van der Waals surface area contributed by atoms with E-state index in [9.17, 15) is 0 Å². The van der Waals surface area contributed by atoms with E-state index in [1.54, 1.807) is 0 Å². The van der Waals surface area contributed by atoms with Crippen molar-refractivity contribution in [3.05, 3.63) is 84.6 Å². The predicted octanol–water partition coefficient (Wildman–Crippen LogP) is 4.04. The highest BCUT2D eigenvalue weighted by Gasteiger charge is 2.20. The number of rotatable bonds is 2. The van der Waals surface area contributed by atoms with E-state index in [0.717, 1.165) is 39.0 Å². The van der Waals surface area contributed by atoms with Crippen LogP contribution in [0.3, 0.4) is 0 Å². The zero-order valence-corrected chi connectivity index (χ0v) is 14.3. The Labute approximate surface area is 145 Å². The first-order valence-electron chi connectivity index (χ1n) is 8.73. The molecule has 24 heavy (non-hydrogen) atoms. The van der Waals surface area contributed by atoms with E-state index in [1.165, 1.54) is 28.0 Å². The second-order valence-electron chi connectivity index (χ2n) is 6.12. The molecule has 0 aromatic heterocycles. The molecule has 2 aliphatic rings. The Balaban J connectivity index is 0.000000815. The summed E-state index contributed by atoms with van der Waals surface area (Å²) < 4.78 is 0. The van der Waals surface area contributed by atoms with Gasteiger partial charge in [0, 0.05) is 38.3 Å². The normalized spacial score (nSPS) is 16.5. The summed E-state index contributed by atoms with van der Waals surface area (Å²) in [7, 11) is 0. The molecule has 1 heterocycles. The molecule has 2 aromatic rings. The smallest absolute Gasteiger partial charge is 0.0300 e. The van der Waals surface area contributed by atoms with Crippen molar-refractivity contribution < 1.29 is 0 Å². The van der Waals surface area contributed by atoms with Crippen LogP contribution in [0.2, 0.25) is 0 Å². The fourth-order valence-electron chi connectivity index (χ4n) is 3.60. The van der Waals surface area contributed by atoms with Crippen molar-refractivity contribution in [2.45, 2.75) is 12.8 Å². The zero-order valence-electron chi connectivity index (χ0n) is 14.3. The molecule has 0 saturated carbocycles. The highest BCUT2D eigenvalue weighted by Crippen LogP contribution is 2.32. The molecule has 1 aliphatic carbocycles. The van der Waals surface area contributed by atoms with Gasteiger partial charge in [0.05, 0.1) is 0 Å². The van der Waals surface area contributed by atoms with Gasteiger partial charge in [-0.1, -0.05) is 54.6 Å². The molecule has 0 amide bonds. The number of benzene rings is 2.